The number of aryl methyl sites for hydroxylation is 1. The van der Waals surface area contributed by atoms with Crippen molar-refractivity contribution in [3.8, 4) is 0 Å². The number of benzene rings is 1. The largest absolute Gasteiger partial charge is 0.309 e. The lowest BCUT2D eigenvalue weighted by molar-refractivity contribution is 0.264. The first-order valence-electron chi connectivity index (χ1n) is 7.44. The van der Waals surface area contributed by atoms with Gasteiger partial charge in [0, 0.05) is 18.6 Å². The van der Waals surface area contributed by atoms with Crippen LogP contribution in [-0.2, 0) is 20.1 Å². The molecule has 3 rings (SSSR count). The average Bonchev–Trinajstić information content (AvgIpc) is 2.89. The first-order chi connectivity index (χ1) is 11.1. The molecule has 0 atom stereocenters. The van der Waals surface area contributed by atoms with Crippen molar-refractivity contribution < 1.29 is 0 Å². The molecule has 0 radical (unpaired) electrons. The first kappa shape index (κ1) is 15.7. The van der Waals surface area contributed by atoms with E-state index in [1.807, 2.05) is 24.3 Å². The number of halogens is 1. The molecule has 0 unspecified atom stereocenters. The standard InChI is InChI=1S/C16H18ClN5O/c1-3-22(9-11-5-4-6-12(17)7-11)10-14-19-15-13(16(23)20-14)8-18-21(15)2/h4-8H,3,9-10H2,1-2H3,(H,19,20,23). The number of nitrogens with one attached hydrogen (secondary N) is 1. The second-order valence-electron chi connectivity index (χ2n) is 5.45. The number of hydrogen-bond acceptors (Lipinski definition) is 4. The number of aromatic amines is 1. The van der Waals surface area contributed by atoms with E-state index < -0.39 is 0 Å². The number of rotatable bonds is 5. The van der Waals surface area contributed by atoms with Crippen molar-refractivity contribution >= 4 is 22.6 Å². The molecule has 0 aliphatic carbocycles. The van der Waals surface area contributed by atoms with Gasteiger partial charge in [-0.05, 0) is 24.2 Å². The normalized spacial score (nSPS) is 11.5. The van der Waals surface area contributed by atoms with E-state index in [0.717, 1.165) is 23.7 Å². The van der Waals surface area contributed by atoms with Gasteiger partial charge in [0.05, 0.1) is 12.7 Å². The molecular weight excluding hydrogens is 314 g/mol. The minimum atomic E-state index is -0.156. The van der Waals surface area contributed by atoms with Gasteiger partial charge in [-0.25, -0.2) is 4.98 Å². The number of H-pyrrole nitrogens is 1. The Morgan fingerprint density at radius 1 is 1.35 bits per heavy atom. The number of nitrogens with zero attached hydrogens (tertiary/aromatic N) is 4. The quantitative estimate of drug-likeness (QED) is 0.779. The third-order valence-corrected chi connectivity index (χ3v) is 4.00. The number of fused-ring (bicyclic) bond motifs is 1. The van der Waals surface area contributed by atoms with E-state index in [2.05, 4.69) is 26.9 Å². The third kappa shape index (κ3) is 3.43. The molecule has 2 aromatic heterocycles. The molecule has 0 fully saturated rings. The van der Waals surface area contributed by atoms with Crippen LogP contribution in [0, 0.1) is 0 Å². The summed E-state index contributed by atoms with van der Waals surface area (Å²) in [6.07, 6.45) is 1.54. The van der Waals surface area contributed by atoms with Crippen LogP contribution >= 0.6 is 11.6 Å². The third-order valence-electron chi connectivity index (χ3n) is 3.77. The number of hydrogen-bond donors (Lipinski definition) is 1. The minimum absolute atomic E-state index is 0.156. The Kier molecular flexibility index (Phi) is 4.45. The fourth-order valence-electron chi connectivity index (χ4n) is 2.54. The van der Waals surface area contributed by atoms with Gasteiger partial charge in [-0.15, -0.1) is 0 Å². The van der Waals surface area contributed by atoms with E-state index in [1.54, 1.807) is 11.7 Å². The highest BCUT2D eigenvalue weighted by molar-refractivity contribution is 6.30. The Labute approximate surface area is 138 Å². The van der Waals surface area contributed by atoms with E-state index >= 15 is 0 Å². The van der Waals surface area contributed by atoms with Gasteiger partial charge in [0.2, 0.25) is 0 Å². The van der Waals surface area contributed by atoms with Gasteiger partial charge in [0.25, 0.3) is 5.56 Å². The fraction of sp³-hybridized carbons (Fsp3) is 0.312. The molecule has 0 spiro atoms. The summed E-state index contributed by atoms with van der Waals surface area (Å²) < 4.78 is 1.61. The Morgan fingerprint density at radius 3 is 2.91 bits per heavy atom. The monoisotopic (exact) mass is 331 g/mol. The van der Waals surface area contributed by atoms with Crippen LogP contribution in [0.2, 0.25) is 5.02 Å². The zero-order valence-corrected chi connectivity index (χ0v) is 13.8. The van der Waals surface area contributed by atoms with Crippen molar-refractivity contribution in [1.82, 2.24) is 24.6 Å². The highest BCUT2D eigenvalue weighted by Crippen LogP contribution is 2.14. The lowest BCUT2D eigenvalue weighted by Crippen LogP contribution is -2.25. The van der Waals surface area contributed by atoms with Crippen LogP contribution in [0.15, 0.2) is 35.3 Å². The molecule has 2 heterocycles. The first-order valence-corrected chi connectivity index (χ1v) is 7.82. The van der Waals surface area contributed by atoms with E-state index in [0.29, 0.717) is 23.4 Å². The average molecular weight is 332 g/mol. The van der Waals surface area contributed by atoms with Crippen molar-refractivity contribution in [2.75, 3.05) is 6.54 Å². The van der Waals surface area contributed by atoms with E-state index in [4.69, 9.17) is 11.6 Å². The zero-order valence-electron chi connectivity index (χ0n) is 13.1. The summed E-state index contributed by atoms with van der Waals surface area (Å²) in [6.45, 7) is 4.20. The molecule has 0 bridgehead atoms. The SMILES string of the molecule is CCN(Cc1cccc(Cl)c1)Cc1nc2c(cnn2C)c(=O)[nH]1. The summed E-state index contributed by atoms with van der Waals surface area (Å²) in [5, 5.41) is 5.31. The van der Waals surface area contributed by atoms with E-state index in [1.165, 1.54) is 6.20 Å². The summed E-state index contributed by atoms with van der Waals surface area (Å²) >= 11 is 6.03. The maximum atomic E-state index is 12.1. The molecule has 0 amide bonds. The van der Waals surface area contributed by atoms with Gasteiger partial charge in [0.1, 0.15) is 11.2 Å². The van der Waals surface area contributed by atoms with Gasteiger partial charge in [-0.3, -0.25) is 14.4 Å². The van der Waals surface area contributed by atoms with Crippen LogP contribution in [0.3, 0.4) is 0 Å². The summed E-state index contributed by atoms with van der Waals surface area (Å²) in [5.74, 6) is 0.634. The van der Waals surface area contributed by atoms with Crippen LogP contribution in [0.25, 0.3) is 11.0 Å². The van der Waals surface area contributed by atoms with Gasteiger partial charge in [-0.2, -0.15) is 5.10 Å². The molecule has 120 valence electrons. The fourth-order valence-corrected chi connectivity index (χ4v) is 2.75. The van der Waals surface area contributed by atoms with Gasteiger partial charge < -0.3 is 4.98 Å². The maximum Gasteiger partial charge on any atom is 0.262 e. The molecular formula is C16H18ClN5O. The predicted octanol–water partition coefficient (Wildman–Crippen LogP) is 2.33. The van der Waals surface area contributed by atoms with Crippen molar-refractivity contribution in [3.05, 3.63) is 57.2 Å². The lowest BCUT2D eigenvalue weighted by Gasteiger charge is -2.20. The molecule has 1 N–H and O–H groups in total. The van der Waals surface area contributed by atoms with Crippen molar-refractivity contribution in [2.45, 2.75) is 20.0 Å². The van der Waals surface area contributed by atoms with Crippen molar-refractivity contribution in [1.29, 1.82) is 0 Å². The van der Waals surface area contributed by atoms with Crippen molar-refractivity contribution in [2.24, 2.45) is 7.05 Å². The highest BCUT2D eigenvalue weighted by atomic mass is 35.5. The van der Waals surface area contributed by atoms with Crippen LogP contribution in [0.4, 0.5) is 0 Å². The molecule has 23 heavy (non-hydrogen) atoms. The van der Waals surface area contributed by atoms with Crippen LogP contribution < -0.4 is 5.56 Å². The molecule has 0 aliphatic heterocycles. The van der Waals surface area contributed by atoms with Crippen molar-refractivity contribution in [3.63, 3.8) is 0 Å². The van der Waals surface area contributed by atoms with E-state index in [-0.39, 0.29) is 5.56 Å². The van der Waals surface area contributed by atoms with Crippen LogP contribution in [0.1, 0.15) is 18.3 Å². The molecule has 6 nitrogen and oxygen atoms in total. The molecule has 7 heteroatoms. The molecule has 0 saturated heterocycles. The summed E-state index contributed by atoms with van der Waals surface area (Å²) in [5.41, 5.74) is 1.57. The van der Waals surface area contributed by atoms with E-state index in [9.17, 15) is 4.79 Å². The molecule has 0 saturated carbocycles. The summed E-state index contributed by atoms with van der Waals surface area (Å²) in [6, 6.07) is 7.78. The second-order valence-corrected chi connectivity index (χ2v) is 5.89. The molecule has 3 aromatic rings. The molecule has 0 aliphatic rings. The van der Waals surface area contributed by atoms with Gasteiger partial charge in [-0.1, -0.05) is 30.7 Å². The maximum absolute atomic E-state index is 12.1. The Morgan fingerprint density at radius 2 is 2.17 bits per heavy atom. The molecule has 1 aromatic carbocycles. The summed E-state index contributed by atoms with van der Waals surface area (Å²) in [7, 11) is 1.78. The van der Waals surface area contributed by atoms with Crippen LogP contribution in [-0.4, -0.2) is 31.2 Å². The highest BCUT2D eigenvalue weighted by Gasteiger charge is 2.11. The smallest absolute Gasteiger partial charge is 0.262 e. The van der Waals surface area contributed by atoms with Crippen LogP contribution in [0.5, 0.6) is 0 Å². The lowest BCUT2D eigenvalue weighted by atomic mass is 10.2. The Balaban J connectivity index is 1.84. The number of aromatic nitrogens is 4. The Hall–Kier alpha value is -2.18. The zero-order chi connectivity index (χ0) is 16.4. The summed E-state index contributed by atoms with van der Waals surface area (Å²) in [4.78, 5) is 21.6. The van der Waals surface area contributed by atoms with Gasteiger partial charge in [0.15, 0.2) is 5.65 Å². The minimum Gasteiger partial charge on any atom is -0.309 e. The van der Waals surface area contributed by atoms with Gasteiger partial charge >= 0.3 is 0 Å². The topological polar surface area (TPSA) is 66.8 Å². The second kappa shape index (κ2) is 6.52. The predicted molar refractivity (Wildman–Crippen MR) is 90.4 cm³/mol. The Bertz CT molecular complexity index is 886.